The summed E-state index contributed by atoms with van der Waals surface area (Å²) in [5, 5.41) is 3.07. The molecule has 0 saturated heterocycles. The molecule has 11 heavy (non-hydrogen) atoms. The van der Waals surface area contributed by atoms with Gasteiger partial charge in [-0.05, 0) is 18.7 Å². The van der Waals surface area contributed by atoms with E-state index in [1.807, 2.05) is 18.8 Å². The Kier molecular flexibility index (Phi) is 6.49. The van der Waals surface area contributed by atoms with Gasteiger partial charge >= 0.3 is 0 Å². The third-order valence-corrected chi connectivity index (χ3v) is 2.76. The molecule has 0 aliphatic heterocycles. The average molecular weight is 171 g/mol. The maximum absolute atomic E-state index is 5.27. The van der Waals surface area contributed by atoms with Gasteiger partial charge < -0.3 is 5.32 Å². The van der Waals surface area contributed by atoms with Crippen LogP contribution in [-0.2, 0) is 0 Å². The van der Waals surface area contributed by atoms with Crippen molar-refractivity contribution in [1.29, 1.82) is 0 Å². The molecule has 0 saturated carbocycles. The Morgan fingerprint density at radius 2 is 2.09 bits per heavy atom. The Bertz CT molecular complexity index is 126. The topological polar surface area (TPSA) is 12.0 Å². The number of hydrogen-bond acceptors (Lipinski definition) is 2. The van der Waals surface area contributed by atoms with Gasteiger partial charge in [0, 0.05) is 5.75 Å². The summed E-state index contributed by atoms with van der Waals surface area (Å²) in [5.74, 6) is 5.67. The molecule has 2 heteroatoms. The first-order chi connectivity index (χ1) is 5.20. The van der Waals surface area contributed by atoms with Gasteiger partial charge in [-0.1, -0.05) is 19.8 Å². The van der Waals surface area contributed by atoms with Crippen molar-refractivity contribution in [3.05, 3.63) is 0 Å². The molecule has 1 unspecified atom stereocenters. The summed E-state index contributed by atoms with van der Waals surface area (Å²) in [5.41, 5.74) is 0. The molecular formula is C9H17NS. The molecule has 0 spiro atoms. The second-order valence-corrected chi connectivity index (χ2v) is 4.01. The van der Waals surface area contributed by atoms with Gasteiger partial charge in [-0.3, -0.25) is 0 Å². The zero-order valence-corrected chi connectivity index (χ0v) is 8.37. The first-order valence-electron chi connectivity index (χ1n) is 3.91. The lowest BCUT2D eigenvalue weighted by molar-refractivity contribution is 0.737. The summed E-state index contributed by atoms with van der Waals surface area (Å²) >= 11 is 1.91. The Hall–Kier alpha value is -0.130. The fourth-order valence-electron chi connectivity index (χ4n) is 0.636. The normalized spacial score (nSPS) is 13.0. The van der Waals surface area contributed by atoms with Gasteiger partial charge in [0.2, 0.25) is 0 Å². The summed E-state index contributed by atoms with van der Waals surface area (Å²) in [6.45, 7) is 4.44. The molecule has 0 bridgehead atoms. The van der Waals surface area contributed by atoms with Crippen LogP contribution in [0.2, 0.25) is 0 Å². The molecular weight excluding hydrogens is 154 g/mol. The maximum atomic E-state index is 5.27. The highest BCUT2D eigenvalue weighted by Gasteiger charge is 2.01. The largest absolute Gasteiger partial charge is 0.306 e. The van der Waals surface area contributed by atoms with Crippen molar-refractivity contribution < 1.29 is 0 Å². The zero-order chi connectivity index (χ0) is 8.69. The fraction of sp³-hybridized carbons (Fsp3) is 0.778. The van der Waals surface area contributed by atoms with Gasteiger partial charge in [0.15, 0.2) is 0 Å². The van der Waals surface area contributed by atoms with Crippen LogP contribution in [0.4, 0.5) is 0 Å². The molecule has 0 aromatic carbocycles. The number of thioether (sulfide) groups is 1. The summed E-state index contributed by atoms with van der Waals surface area (Å²) < 4.78 is 0. The van der Waals surface area contributed by atoms with E-state index >= 15 is 0 Å². The third kappa shape index (κ3) is 6.28. The van der Waals surface area contributed by atoms with Crippen molar-refractivity contribution in [2.75, 3.05) is 18.6 Å². The standard InChI is InChI=1S/C9H17NS/c1-5-9(10-4)7-11-6-8(2)3/h1,8-10H,6-7H2,2-4H3. The molecule has 1 atom stereocenters. The molecule has 64 valence electrons. The number of terminal acetylenes is 1. The van der Waals surface area contributed by atoms with Crippen LogP contribution in [0.5, 0.6) is 0 Å². The van der Waals surface area contributed by atoms with E-state index < -0.39 is 0 Å². The van der Waals surface area contributed by atoms with Crippen molar-refractivity contribution in [3.8, 4) is 12.3 Å². The smallest absolute Gasteiger partial charge is 0.0776 e. The van der Waals surface area contributed by atoms with Crippen LogP contribution in [0.3, 0.4) is 0 Å². The molecule has 0 amide bonds. The van der Waals surface area contributed by atoms with Gasteiger partial charge in [0.25, 0.3) is 0 Å². The monoisotopic (exact) mass is 171 g/mol. The van der Waals surface area contributed by atoms with Crippen molar-refractivity contribution in [1.82, 2.24) is 5.32 Å². The molecule has 0 aliphatic carbocycles. The van der Waals surface area contributed by atoms with Gasteiger partial charge in [0.05, 0.1) is 6.04 Å². The molecule has 0 aromatic heterocycles. The molecule has 0 heterocycles. The highest BCUT2D eigenvalue weighted by atomic mass is 32.2. The van der Waals surface area contributed by atoms with E-state index in [1.54, 1.807) is 0 Å². The van der Waals surface area contributed by atoms with Crippen LogP contribution in [0, 0.1) is 18.3 Å². The molecule has 1 N–H and O–H groups in total. The predicted octanol–water partition coefficient (Wildman–Crippen LogP) is 1.60. The van der Waals surface area contributed by atoms with E-state index in [0.717, 1.165) is 11.7 Å². The summed E-state index contributed by atoms with van der Waals surface area (Å²) in [6, 6.07) is 0.235. The molecule has 0 aliphatic rings. The lowest BCUT2D eigenvalue weighted by atomic mass is 10.3. The van der Waals surface area contributed by atoms with Crippen LogP contribution < -0.4 is 5.32 Å². The lowest BCUT2D eigenvalue weighted by Crippen LogP contribution is -2.25. The first kappa shape index (κ1) is 10.9. The summed E-state index contributed by atoms with van der Waals surface area (Å²) in [4.78, 5) is 0. The molecule has 1 nitrogen and oxygen atoms in total. The van der Waals surface area contributed by atoms with Crippen LogP contribution in [0.25, 0.3) is 0 Å². The quantitative estimate of drug-likeness (QED) is 0.631. The molecule has 0 fully saturated rings. The predicted molar refractivity (Wildman–Crippen MR) is 53.8 cm³/mol. The minimum Gasteiger partial charge on any atom is -0.306 e. The van der Waals surface area contributed by atoms with Crippen molar-refractivity contribution in [3.63, 3.8) is 0 Å². The van der Waals surface area contributed by atoms with Crippen LogP contribution in [0.15, 0.2) is 0 Å². The van der Waals surface area contributed by atoms with E-state index in [4.69, 9.17) is 6.42 Å². The molecule has 0 radical (unpaired) electrons. The molecule has 0 aromatic rings. The minimum absolute atomic E-state index is 0.235. The number of rotatable bonds is 5. The average Bonchev–Trinajstić information content (AvgIpc) is 1.98. The molecule has 0 rings (SSSR count). The highest BCUT2D eigenvalue weighted by Crippen LogP contribution is 2.08. The van der Waals surface area contributed by atoms with E-state index in [0.29, 0.717) is 0 Å². The summed E-state index contributed by atoms with van der Waals surface area (Å²) in [6.07, 6.45) is 5.27. The Balaban J connectivity index is 3.30. The minimum atomic E-state index is 0.235. The first-order valence-corrected chi connectivity index (χ1v) is 5.07. The van der Waals surface area contributed by atoms with Crippen LogP contribution >= 0.6 is 11.8 Å². The van der Waals surface area contributed by atoms with Crippen molar-refractivity contribution in [2.24, 2.45) is 5.92 Å². The van der Waals surface area contributed by atoms with E-state index in [-0.39, 0.29) is 6.04 Å². The van der Waals surface area contributed by atoms with E-state index in [9.17, 15) is 0 Å². The highest BCUT2D eigenvalue weighted by molar-refractivity contribution is 7.99. The maximum Gasteiger partial charge on any atom is 0.0776 e. The zero-order valence-electron chi connectivity index (χ0n) is 7.55. The Labute approximate surface area is 74.3 Å². The van der Waals surface area contributed by atoms with Gasteiger partial charge in [-0.25, -0.2) is 0 Å². The Morgan fingerprint density at radius 1 is 1.45 bits per heavy atom. The van der Waals surface area contributed by atoms with Gasteiger partial charge in [-0.15, -0.1) is 6.42 Å². The van der Waals surface area contributed by atoms with Crippen molar-refractivity contribution >= 4 is 11.8 Å². The second kappa shape index (κ2) is 6.57. The van der Waals surface area contributed by atoms with Crippen LogP contribution in [0.1, 0.15) is 13.8 Å². The van der Waals surface area contributed by atoms with Gasteiger partial charge in [-0.2, -0.15) is 11.8 Å². The third-order valence-electron chi connectivity index (χ3n) is 1.29. The number of hydrogen-bond donors (Lipinski definition) is 1. The van der Waals surface area contributed by atoms with Gasteiger partial charge in [0.1, 0.15) is 0 Å². The van der Waals surface area contributed by atoms with E-state index in [1.165, 1.54) is 5.75 Å². The van der Waals surface area contributed by atoms with Crippen LogP contribution in [-0.4, -0.2) is 24.6 Å². The SMILES string of the molecule is C#CC(CSCC(C)C)NC. The van der Waals surface area contributed by atoms with E-state index in [2.05, 4.69) is 25.1 Å². The Morgan fingerprint density at radius 3 is 2.45 bits per heavy atom. The lowest BCUT2D eigenvalue weighted by Gasteiger charge is -2.09. The second-order valence-electron chi connectivity index (χ2n) is 2.94. The number of nitrogens with one attached hydrogen (secondary N) is 1. The summed E-state index contributed by atoms with van der Waals surface area (Å²) in [7, 11) is 1.90. The fourth-order valence-corrected chi connectivity index (χ4v) is 1.74. The van der Waals surface area contributed by atoms with Crippen molar-refractivity contribution in [2.45, 2.75) is 19.9 Å².